The van der Waals surface area contributed by atoms with Crippen LogP contribution < -0.4 is 10.2 Å². The van der Waals surface area contributed by atoms with E-state index in [-0.39, 0.29) is 10.8 Å². The molecule has 7 nitrogen and oxygen atoms in total. The summed E-state index contributed by atoms with van der Waals surface area (Å²) in [5, 5.41) is 4.90. The Morgan fingerprint density at radius 1 is 1.03 bits per heavy atom. The number of nitrogens with zero attached hydrogens (tertiary/aromatic N) is 2. The molecule has 39 heavy (non-hydrogen) atoms. The van der Waals surface area contributed by atoms with E-state index in [9.17, 15) is 13.2 Å². The molecule has 206 valence electrons. The first-order chi connectivity index (χ1) is 18.8. The molecule has 1 aliphatic heterocycles. The van der Waals surface area contributed by atoms with Crippen LogP contribution in [0.2, 0.25) is 0 Å². The van der Waals surface area contributed by atoms with Gasteiger partial charge in [0.15, 0.2) is 0 Å². The van der Waals surface area contributed by atoms with Gasteiger partial charge in [-0.15, -0.1) is 22.7 Å². The Kier molecular flexibility index (Phi) is 8.49. The van der Waals surface area contributed by atoms with Gasteiger partial charge in [-0.2, -0.15) is 4.31 Å². The van der Waals surface area contributed by atoms with Gasteiger partial charge in [0.1, 0.15) is 16.6 Å². The lowest BCUT2D eigenvalue weighted by Crippen LogP contribution is -3.11. The van der Waals surface area contributed by atoms with Crippen molar-refractivity contribution in [2.24, 2.45) is 0 Å². The van der Waals surface area contributed by atoms with Crippen molar-refractivity contribution in [1.82, 2.24) is 9.29 Å². The van der Waals surface area contributed by atoms with Crippen LogP contribution in [0.5, 0.6) is 0 Å². The number of thiazole rings is 1. The minimum absolute atomic E-state index is 0.213. The summed E-state index contributed by atoms with van der Waals surface area (Å²) in [5.74, 6) is -0.251. The zero-order valence-electron chi connectivity index (χ0n) is 22.6. The van der Waals surface area contributed by atoms with Gasteiger partial charge < -0.3 is 10.2 Å². The Morgan fingerprint density at radius 3 is 2.41 bits per heavy atom. The molecule has 1 unspecified atom stereocenters. The van der Waals surface area contributed by atoms with E-state index in [0.717, 1.165) is 64.7 Å². The van der Waals surface area contributed by atoms with E-state index in [1.807, 2.05) is 32.0 Å². The lowest BCUT2D eigenvalue weighted by Gasteiger charge is -2.22. The number of benzene rings is 2. The molecule has 0 radical (unpaired) electrons. The average molecular weight is 584 g/mol. The molecule has 0 aliphatic carbocycles. The largest absolute Gasteiger partial charge is 0.330 e. The van der Waals surface area contributed by atoms with Crippen molar-refractivity contribution in [3.8, 4) is 10.6 Å². The summed E-state index contributed by atoms with van der Waals surface area (Å²) in [6.45, 7) is 10.2. The highest BCUT2D eigenvalue weighted by molar-refractivity contribution is 7.89. The monoisotopic (exact) mass is 583 g/mol. The normalized spacial score (nSPS) is 15.5. The van der Waals surface area contributed by atoms with E-state index in [4.69, 9.17) is 4.98 Å². The molecular formula is C29H35N4O3S3+. The standard InChI is InChI=1S/C29H34N4O3S3/c1-4-16-33(17-5-2)39(35,36)21-13-11-20(12-14-21)27(34)31-29-26(22-15-18-32(6-3)19-25(22)38-29)28-30-23-9-7-8-10-24(23)37-28/h7-14H,4-6,15-19H2,1-3H3,(H,31,34)/p+1. The van der Waals surface area contributed by atoms with E-state index in [2.05, 4.69) is 18.3 Å². The van der Waals surface area contributed by atoms with Crippen molar-refractivity contribution in [3.05, 3.63) is 64.5 Å². The maximum atomic E-state index is 13.4. The number of para-hydroxylation sites is 1. The summed E-state index contributed by atoms with van der Waals surface area (Å²) >= 11 is 3.30. The molecule has 0 fully saturated rings. The minimum atomic E-state index is -3.60. The number of nitrogens with one attached hydrogen (secondary N) is 2. The van der Waals surface area contributed by atoms with E-state index < -0.39 is 10.0 Å². The van der Waals surface area contributed by atoms with Crippen LogP contribution in [0.25, 0.3) is 20.8 Å². The molecular weight excluding hydrogens is 549 g/mol. The summed E-state index contributed by atoms with van der Waals surface area (Å²) in [4.78, 5) is 21.4. The van der Waals surface area contributed by atoms with E-state index in [1.54, 1.807) is 46.9 Å². The lowest BCUT2D eigenvalue weighted by atomic mass is 10.0. The molecule has 5 rings (SSSR count). The quantitative estimate of drug-likeness (QED) is 0.274. The van der Waals surface area contributed by atoms with Crippen LogP contribution >= 0.6 is 22.7 Å². The van der Waals surface area contributed by atoms with E-state index >= 15 is 0 Å². The third kappa shape index (κ3) is 5.67. The van der Waals surface area contributed by atoms with Gasteiger partial charge in [-0.25, -0.2) is 13.4 Å². The summed E-state index contributed by atoms with van der Waals surface area (Å²) in [6.07, 6.45) is 2.45. The summed E-state index contributed by atoms with van der Waals surface area (Å²) in [6, 6.07) is 14.4. The highest BCUT2D eigenvalue weighted by Gasteiger charge is 2.29. The zero-order valence-corrected chi connectivity index (χ0v) is 25.1. The number of sulfonamides is 1. The summed E-state index contributed by atoms with van der Waals surface area (Å²) < 4.78 is 28.9. The number of quaternary nitrogens is 1. The van der Waals surface area contributed by atoms with Crippen LogP contribution in [0.4, 0.5) is 5.00 Å². The van der Waals surface area contributed by atoms with Crippen LogP contribution in [0.1, 0.15) is 54.4 Å². The number of hydrogen-bond donors (Lipinski definition) is 2. The molecule has 1 amide bonds. The van der Waals surface area contributed by atoms with Crippen molar-refractivity contribution in [2.75, 3.05) is 31.5 Å². The van der Waals surface area contributed by atoms with Crippen molar-refractivity contribution < 1.29 is 18.1 Å². The molecule has 10 heteroatoms. The van der Waals surface area contributed by atoms with Crippen molar-refractivity contribution in [2.45, 2.75) is 51.5 Å². The van der Waals surface area contributed by atoms with Crippen LogP contribution in [0.15, 0.2) is 53.4 Å². The Hall–Kier alpha value is -2.63. The fourth-order valence-electron chi connectivity index (χ4n) is 5.09. The predicted molar refractivity (Wildman–Crippen MR) is 160 cm³/mol. The second kappa shape index (κ2) is 11.9. The van der Waals surface area contributed by atoms with Crippen molar-refractivity contribution >= 4 is 53.8 Å². The van der Waals surface area contributed by atoms with Gasteiger partial charge >= 0.3 is 0 Å². The number of amides is 1. The molecule has 3 heterocycles. The molecule has 2 N–H and O–H groups in total. The summed E-state index contributed by atoms with van der Waals surface area (Å²) in [5.41, 5.74) is 3.71. The average Bonchev–Trinajstić information content (AvgIpc) is 3.53. The number of fused-ring (bicyclic) bond motifs is 2. The van der Waals surface area contributed by atoms with Gasteiger partial charge in [-0.3, -0.25) is 4.79 Å². The predicted octanol–water partition coefficient (Wildman–Crippen LogP) is 5.05. The number of rotatable bonds is 10. The van der Waals surface area contributed by atoms with E-state index in [1.165, 1.54) is 19.6 Å². The lowest BCUT2D eigenvalue weighted by molar-refractivity contribution is -0.913. The SMILES string of the molecule is CCCN(CCC)S(=O)(=O)c1ccc(C(=O)Nc2sc3c(c2-c2nc4ccccc4s2)CC[NH+](CC)C3)cc1. The molecule has 0 spiro atoms. The van der Waals surface area contributed by atoms with Crippen LogP contribution in [0.3, 0.4) is 0 Å². The molecule has 0 bridgehead atoms. The Morgan fingerprint density at radius 2 is 1.74 bits per heavy atom. The first kappa shape index (κ1) is 27.9. The number of anilines is 1. The van der Waals surface area contributed by atoms with Gasteiger partial charge in [-0.1, -0.05) is 26.0 Å². The third-order valence-electron chi connectivity index (χ3n) is 7.16. The highest BCUT2D eigenvalue weighted by atomic mass is 32.2. The second-order valence-corrected chi connectivity index (χ2v) is 13.9. The van der Waals surface area contributed by atoms with Crippen LogP contribution in [-0.4, -0.2) is 49.8 Å². The molecule has 2 aromatic carbocycles. The zero-order chi connectivity index (χ0) is 27.6. The Labute approximate surface area is 238 Å². The topological polar surface area (TPSA) is 83.8 Å². The number of carbonyl (C=O) groups excluding carboxylic acids is 1. The summed E-state index contributed by atoms with van der Waals surface area (Å²) in [7, 11) is -3.60. The van der Waals surface area contributed by atoms with Crippen molar-refractivity contribution in [1.29, 1.82) is 0 Å². The molecule has 0 saturated heterocycles. The maximum absolute atomic E-state index is 13.4. The van der Waals surface area contributed by atoms with Crippen LogP contribution in [-0.2, 0) is 23.0 Å². The number of thiophene rings is 1. The third-order valence-corrected chi connectivity index (χ3v) is 11.3. The fraction of sp³-hybridized carbons (Fsp3) is 0.379. The van der Waals surface area contributed by atoms with Gasteiger partial charge in [0, 0.05) is 30.6 Å². The minimum Gasteiger partial charge on any atom is -0.330 e. The number of likely N-dealkylation sites (N-methyl/N-ethyl adjacent to an activating group) is 1. The second-order valence-electron chi connectivity index (χ2n) is 9.86. The molecule has 1 aliphatic rings. The smallest absolute Gasteiger partial charge is 0.256 e. The Balaban J connectivity index is 1.45. The highest BCUT2D eigenvalue weighted by Crippen LogP contribution is 2.44. The molecule has 4 aromatic rings. The maximum Gasteiger partial charge on any atom is 0.256 e. The molecule has 2 aromatic heterocycles. The first-order valence-corrected chi connectivity index (χ1v) is 16.7. The number of hydrogen-bond acceptors (Lipinski definition) is 6. The van der Waals surface area contributed by atoms with Gasteiger partial charge in [0.2, 0.25) is 10.0 Å². The van der Waals surface area contributed by atoms with Crippen LogP contribution in [0, 0.1) is 0 Å². The first-order valence-electron chi connectivity index (χ1n) is 13.6. The number of aromatic nitrogens is 1. The van der Waals surface area contributed by atoms with E-state index in [0.29, 0.717) is 18.7 Å². The van der Waals surface area contributed by atoms with Gasteiger partial charge in [0.25, 0.3) is 5.91 Å². The fourth-order valence-corrected chi connectivity index (χ4v) is 9.13. The number of carbonyl (C=O) groups is 1. The van der Waals surface area contributed by atoms with Crippen molar-refractivity contribution in [3.63, 3.8) is 0 Å². The van der Waals surface area contributed by atoms with Gasteiger partial charge in [0.05, 0.1) is 33.1 Å². The Bertz CT molecular complexity index is 1540. The van der Waals surface area contributed by atoms with Gasteiger partial charge in [-0.05, 0) is 61.7 Å². The molecule has 0 saturated carbocycles. The molecule has 1 atom stereocenters.